The number of methoxy groups -OCH3 is 1. The van der Waals surface area contributed by atoms with E-state index in [9.17, 15) is 23.9 Å². The predicted molar refractivity (Wildman–Crippen MR) is 139 cm³/mol. The number of fused-ring (bicyclic) bond motifs is 1. The molecule has 3 N–H and O–H groups in total. The first kappa shape index (κ1) is 25.3. The van der Waals surface area contributed by atoms with Crippen LogP contribution in [0.15, 0.2) is 59.0 Å². The molecule has 0 bridgehead atoms. The lowest BCUT2D eigenvalue weighted by Gasteiger charge is -2.16. The highest BCUT2D eigenvalue weighted by atomic mass is 35.5. The van der Waals surface area contributed by atoms with Crippen molar-refractivity contribution in [1.29, 1.82) is 0 Å². The highest BCUT2D eigenvalue weighted by molar-refractivity contribution is 6.34. The molecular weight excluding hydrogens is 515 g/mol. The van der Waals surface area contributed by atoms with E-state index in [2.05, 4.69) is 10.6 Å². The van der Waals surface area contributed by atoms with Gasteiger partial charge >= 0.3 is 5.97 Å². The molecule has 1 aliphatic carbocycles. The van der Waals surface area contributed by atoms with Crippen LogP contribution in [-0.2, 0) is 9.53 Å². The summed E-state index contributed by atoms with van der Waals surface area (Å²) in [5, 5.41) is 16.3. The molecule has 3 aromatic carbocycles. The van der Waals surface area contributed by atoms with Crippen LogP contribution in [0.1, 0.15) is 33.6 Å². The average Bonchev–Trinajstić information content (AvgIpc) is 3.59. The Morgan fingerprint density at radius 3 is 2.34 bits per heavy atom. The van der Waals surface area contributed by atoms with Crippen LogP contribution in [0.5, 0.6) is 5.75 Å². The van der Waals surface area contributed by atoms with E-state index in [1.54, 1.807) is 18.2 Å². The van der Waals surface area contributed by atoms with Crippen LogP contribution in [0, 0.1) is 5.82 Å². The van der Waals surface area contributed by atoms with E-state index >= 15 is 0 Å². The molecule has 0 radical (unpaired) electrons. The SMILES string of the molecule is CNC(=O)c1c(-c2ccc(F)cc2)oc2ccc(-c3cc(C(=O)NC4(C(=O)OC)CC4)c(O)cc3Cl)cc12. The first-order valence-corrected chi connectivity index (χ1v) is 12.0. The Morgan fingerprint density at radius 1 is 1.03 bits per heavy atom. The normalized spacial score (nSPS) is 13.7. The van der Waals surface area contributed by atoms with Crippen molar-refractivity contribution in [3.8, 4) is 28.2 Å². The van der Waals surface area contributed by atoms with Crippen LogP contribution in [0.4, 0.5) is 4.39 Å². The third kappa shape index (κ3) is 4.35. The number of aromatic hydroxyl groups is 1. The Labute approximate surface area is 221 Å². The minimum Gasteiger partial charge on any atom is -0.507 e. The predicted octanol–water partition coefficient (Wildman–Crippen LogP) is 5.06. The van der Waals surface area contributed by atoms with E-state index in [0.29, 0.717) is 40.5 Å². The van der Waals surface area contributed by atoms with Gasteiger partial charge in [-0.1, -0.05) is 17.7 Å². The lowest BCUT2D eigenvalue weighted by atomic mass is 9.98. The second-order valence-electron chi connectivity index (χ2n) is 8.98. The van der Waals surface area contributed by atoms with Gasteiger partial charge in [-0.3, -0.25) is 9.59 Å². The third-order valence-corrected chi connectivity index (χ3v) is 6.88. The van der Waals surface area contributed by atoms with Crippen LogP contribution in [0.2, 0.25) is 5.02 Å². The van der Waals surface area contributed by atoms with E-state index in [1.165, 1.54) is 50.6 Å². The van der Waals surface area contributed by atoms with Crippen LogP contribution < -0.4 is 10.6 Å². The van der Waals surface area contributed by atoms with Crippen molar-refractivity contribution in [3.05, 3.63) is 76.6 Å². The Morgan fingerprint density at radius 2 is 1.71 bits per heavy atom. The van der Waals surface area contributed by atoms with Gasteiger partial charge in [-0.25, -0.2) is 9.18 Å². The van der Waals surface area contributed by atoms with Gasteiger partial charge in [0.2, 0.25) is 0 Å². The number of ether oxygens (including phenoxy) is 1. The van der Waals surface area contributed by atoms with E-state index in [1.807, 2.05) is 0 Å². The molecule has 1 fully saturated rings. The number of hydrogen-bond donors (Lipinski definition) is 3. The fourth-order valence-corrected chi connectivity index (χ4v) is 4.64. The van der Waals surface area contributed by atoms with E-state index in [-0.39, 0.29) is 27.7 Å². The van der Waals surface area contributed by atoms with Crippen LogP contribution in [-0.4, -0.2) is 42.6 Å². The number of furan rings is 1. The Balaban J connectivity index is 1.59. The van der Waals surface area contributed by atoms with Crippen LogP contribution >= 0.6 is 11.6 Å². The lowest BCUT2D eigenvalue weighted by molar-refractivity contribution is -0.144. The van der Waals surface area contributed by atoms with Gasteiger partial charge in [-0.15, -0.1) is 0 Å². The molecule has 1 heterocycles. The first-order chi connectivity index (χ1) is 18.2. The molecular formula is C28H22ClFN2O6. The van der Waals surface area contributed by atoms with Gasteiger partial charge < -0.3 is 24.9 Å². The quantitative estimate of drug-likeness (QED) is 0.296. The topological polar surface area (TPSA) is 118 Å². The monoisotopic (exact) mass is 536 g/mol. The summed E-state index contributed by atoms with van der Waals surface area (Å²) < 4.78 is 24.2. The van der Waals surface area contributed by atoms with Crippen molar-refractivity contribution in [1.82, 2.24) is 10.6 Å². The first-order valence-electron chi connectivity index (χ1n) is 11.7. The molecule has 5 rings (SSSR count). The number of carbonyl (C=O) groups excluding carboxylic acids is 3. The highest BCUT2D eigenvalue weighted by Crippen LogP contribution is 2.40. The molecule has 0 saturated heterocycles. The summed E-state index contributed by atoms with van der Waals surface area (Å²) in [6.07, 6.45) is 0.866. The maximum Gasteiger partial charge on any atom is 0.331 e. The molecule has 1 aromatic heterocycles. The number of phenolic OH excluding ortho intramolecular Hbond substituents is 1. The molecule has 10 heteroatoms. The summed E-state index contributed by atoms with van der Waals surface area (Å²) >= 11 is 6.45. The Kier molecular flexibility index (Phi) is 6.32. The number of nitrogens with one attached hydrogen (secondary N) is 2. The molecule has 2 amide bonds. The molecule has 1 aliphatic rings. The summed E-state index contributed by atoms with van der Waals surface area (Å²) in [7, 11) is 2.73. The minimum absolute atomic E-state index is 0.0783. The maximum atomic E-state index is 13.5. The third-order valence-electron chi connectivity index (χ3n) is 6.57. The number of benzene rings is 3. The van der Waals surface area contributed by atoms with E-state index < -0.39 is 29.1 Å². The van der Waals surface area contributed by atoms with Crippen LogP contribution in [0.3, 0.4) is 0 Å². The van der Waals surface area contributed by atoms with E-state index in [0.717, 1.165) is 0 Å². The molecule has 8 nitrogen and oxygen atoms in total. The molecule has 1 saturated carbocycles. The molecule has 0 atom stereocenters. The number of rotatable bonds is 6. The minimum atomic E-state index is -1.10. The van der Waals surface area contributed by atoms with Crippen molar-refractivity contribution < 1.29 is 33.0 Å². The second kappa shape index (κ2) is 9.50. The van der Waals surface area contributed by atoms with Crippen molar-refractivity contribution in [2.45, 2.75) is 18.4 Å². The summed E-state index contributed by atoms with van der Waals surface area (Å²) in [6, 6.07) is 13.3. The zero-order valence-electron chi connectivity index (χ0n) is 20.4. The molecule has 0 unspecified atom stereocenters. The average molecular weight is 537 g/mol. The fourth-order valence-electron chi connectivity index (χ4n) is 4.37. The zero-order valence-corrected chi connectivity index (χ0v) is 21.1. The van der Waals surface area contributed by atoms with Crippen molar-refractivity contribution in [3.63, 3.8) is 0 Å². The molecule has 4 aromatic rings. The maximum absolute atomic E-state index is 13.5. The zero-order chi connectivity index (χ0) is 27.2. The molecule has 0 spiro atoms. The van der Waals surface area contributed by atoms with Crippen LogP contribution in [0.25, 0.3) is 33.4 Å². The number of amides is 2. The smallest absolute Gasteiger partial charge is 0.331 e. The van der Waals surface area contributed by atoms with E-state index in [4.69, 9.17) is 20.8 Å². The summed E-state index contributed by atoms with van der Waals surface area (Å²) in [5.41, 5.74) is 0.946. The molecule has 0 aliphatic heterocycles. The fraction of sp³-hybridized carbons (Fsp3) is 0.179. The van der Waals surface area contributed by atoms with Gasteiger partial charge in [-0.2, -0.15) is 0 Å². The number of hydrogen-bond acceptors (Lipinski definition) is 6. The Hall–Kier alpha value is -4.37. The molecule has 194 valence electrons. The van der Waals surface area contributed by atoms with Gasteiger partial charge in [0.05, 0.1) is 23.3 Å². The standard InChI is InChI=1S/C28H22ClFN2O6/c1-31-26(35)23-19-11-15(5-8-22(19)38-24(23)14-3-6-16(30)7-4-14)17-12-18(21(33)13-20(17)29)25(34)32-28(9-10-28)27(36)37-2/h3-8,11-13,33H,9-10H2,1-2H3,(H,31,35)(H,32,34). The van der Waals surface area contributed by atoms with Crippen molar-refractivity contribution in [2.75, 3.05) is 14.2 Å². The largest absolute Gasteiger partial charge is 0.507 e. The second-order valence-corrected chi connectivity index (χ2v) is 9.39. The number of halogens is 2. The van der Waals surface area contributed by atoms with Crippen molar-refractivity contribution in [2.24, 2.45) is 0 Å². The van der Waals surface area contributed by atoms with Gasteiger partial charge in [0, 0.05) is 23.6 Å². The summed E-state index contributed by atoms with van der Waals surface area (Å²) in [6.45, 7) is 0. The number of phenols is 1. The van der Waals surface area contributed by atoms with Gasteiger partial charge in [-0.05, 0) is 66.9 Å². The Bertz CT molecular complexity index is 1610. The number of esters is 1. The summed E-state index contributed by atoms with van der Waals surface area (Å²) in [4.78, 5) is 37.9. The van der Waals surface area contributed by atoms with Gasteiger partial charge in [0.1, 0.15) is 28.4 Å². The van der Waals surface area contributed by atoms with Gasteiger partial charge in [0.15, 0.2) is 0 Å². The summed E-state index contributed by atoms with van der Waals surface area (Å²) in [5.74, 6) is -2.12. The lowest BCUT2D eigenvalue weighted by Crippen LogP contribution is -2.43. The van der Waals surface area contributed by atoms with Gasteiger partial charge in [0.25, 0.3) is 11.8 Å². The van der Waals surface area contributed by atoms with Crippen molar-refractivity contribution >= 4 is 40.4 Å². The molecule has 38 heavy (non-hydrogen) atoms. The number of carbonyl (C=O) groups is 3. The highest BCUT2D eigenvalue weighted by Gasteiger charge is 2.52.